The highest BCUT2D eigenvalue weighted by atomic mass is 16.2. The van der Waals surface area contributed by atoms with E-state index in [4.69, 9.17) is 0 Å². The van der Waals surface area contributed by atoms with Crippen molar-refractivity contribution in [3.63, 3.8) is 0 Å². The number of hydrogen-bond acceptors (Lipinski definition) is 2. The number of amides is 2. The standard InChI is InChI=1S/C20H30N2O2/c1-15(17-7-5-4-6-8-17)13-19(23)21-14-16-9-11-18(12-10-16)20(24)22(2)3/h9-12,15,17H,4-8,13-14H2,1-3H3,(H,21,23)/t15-/m0/s1. The Morgan fingerprint density at radius 3 is 2.33 bits per heavy atom. The second-order valence-corrected chi connectivity index (χ2v) is 7.25. The number of carbonyl (C=O) groups is 2. The highest BCUT2D eigenvalue weighted by molar-refractivity contribution is 5.93. The molecule has 0 heterocycles. The summed E-state index contributed by atoms with van der Waals surface area (Å²) in [4.78, 5) is 25.6. The molecule has 0 radical (unpaired) electrons. The zero-order valence-electron chi connectivity index (χ0n) is 15.2. The van der Waals surface area contributed by atoms with Crippen LogP contribution in [0.15, 0.2) is 24.3 Å². The van der Waals surface area contributed by atoms with E-state index in [1.165, 1.54) is 32.1 Å². The monoisotopic (exact) mass is 330 g/mol. The van der Waals surface area contributed by atoms with Crippen LogP contribution < -0.4 is 5.32 Å². The number of benzene rings is 1. The number of rotatable bonds is 6. The Kier molecular flexibility index (Phi) is 6.83. The van der Waals surface area contributed by atoms with E-state index in [-0.39, 0.29) is 11.8 Å². The fourth-order valence-electron chi connectivity index (χ4n) is 3.46. The first-order chi connectivity index (χ1) is 11.5. The Hall–Kier alpha value is -1.84. The van der Waals surface area contributed by atoms with Crippen molar-refractivity contribution < 1.29 is 9.59 Å². The van der Waals surface area contributed by atoms with Crippen LogP contribution in [0.2, 0.25) is 0 Å². The fraction of sp³-hybridized carbons (Fsp3) is 0.600. The van der Waals surface area contributed by atoms with Gasteiger partial charge in [-0.3, -0.25) is 9.59 Å². The van der Waals surface area contributed by atoms with Crippen LogP contribution in [0.5, 0.6) is 0 Å². The zero-order chi connectivity index (χ0) is 17.5. The van der Waals surface area contributed by atoms with Gasteiger partial charge < -0.3 is 10.2 Å². The average Bonchev–Trinajstić information content (AvgIpc) is 2.60. The molecule has 0 unspecified atom stereocenters. The molecule has 2 rings (SSSR count). The largest absolute Gasteiger partial charge is 0.352 e. The number of nitrogens with zero attached hydrogens (tertiary/aromatic N) is 1. The number of nitrogens with one attached hydrogen (secondary N) is 1. The Morgan fingerprint density at radius 1 is 1.12 bits per heavy atom. The number of hydrogen-bond donors (Lipinski definition) is 1. The van der Waals surface area contributed by atoms with E-state index in [0.29, 0.717) is 30.4 Å². The molecule has 1 aromatic carbocycles. The van der Waals surface area contributed by atoms with Crippen LogP contribution in [0.4, 0.5) is 0 Å². The van der Waals surface area contributed by atoms with Crippen molar-refractivity contribution in [1.29, 1.82) is 0 Å². The molecule has 1 aliphatic carbocycles. The summed E-state index contributed by atoms with van der Waals surface area (Å²) < 4.78 is 0. The molecule has 4 heteroatoms. The minimum absolute atomic E-state index is 0.00751. The van der Waals surface area contributed by atoms with Crippen LogP contribution in [0.3, 0.4) is 0 Å². The molecule has 1 saturated carbocycles. The maximum Gasteiger partial charge on any atom is 0.253 e. The van der Waals surface area contributed by atoms with Crippen LogP contribution in [0.1, 0.15) is 61.4 Å². The second kappa shape index (κ2) is 8.86. The zero-order valence-corrected chi connectivity index (χ0v) is 15.2. The third-order valence-corrected chi connectivity index (χ3v) is 5.06. The topological polar surface area (TPSA) is 49.4 Å². The summed E-state index contributed by atoms with van der Waals surface area (Å²) >= 11 is 0. The van der Waals surface area contributed by atoms with Gasteiger partial charge in [0.25, 0.3) is 5.91 Å². The predicted molar refractivity (Wildman–Crippen MR) is 96.7 cm³/mol. The molecule has 0 spiro atoms. The van der Waals surface area contributed by atoms with Crippen LogP contribution in [0.25, 0.3) is 0 Å². The van der Waals surface area contributed by atoms with Gasteiger partial charge >= 0.3 is 0 Å². The maximum atomic E-state index is 12.2. The van der Waals surface area contributed by atoms with Gasteiger partial charge in [0.15, 0.2) is 0 Å². The van der Waals surface area contributed by atoms with Gasteiger partial charge in [0.2, 0.25) is 5.91 Å². The molecule has 1 aliphatic rings. The van der Waals surface area contributed by atoms with Gasteiger partial charge in [-0.25, -0.2) is 0 Å². The van der Waals surface area contributed by atoms with E-state index < -0.39 is 0 Å². The lowest BCUT2D eigenvalue weighted by Gasteiger charge is -2.27. The van der Waals surface area contributed by atoms with Crippen molar-refractivity contribution in [1.82, 2.24) is 10.2 Å². The van der Waals surface area contributed by atoms with Gasteiger partial charge in [-0.1, -0.05) is 51.2 Å². The summed E-state index contributed by atoms with van der Waals surface area (Å²) in [5.74, 6) is 1.29. The summed E-state index contributed by atoms with van der Waals surface area (Å²) in [6.07, 6.45) is 7.14. The molecule has 1 aromatic rings. The Morgan fingerprint density at radius 2 is 1.75 bits per heavy atom. The van der Waals surface area contributed by atoms with Crippen molar-refractivity contribution in [3.05, 3.63) is 35.4 Å². The first-order valence-electron chi connectivity index (χ1n) is 9.04. The second-order valence-electron chi connectivity index (χ2n) is 7.25. The highest BCUT2D eigenvalue weighted by Gasteiger charge is 2.22. The lowest BCUT2D eigenvalue weighted by Crippen LogP contribution is -2.27. The van der Waals surface area contributed by atoms with Crippen LogP contribution in [-0.4, -0.2) is 30.8 Å². The van der Waals surface area contributed by atoms with Crippen LogP contribution in [-0.2, 0) is 11.3 Å². The van der Waals surface area contributed by atoms with Crippen molar-refractivity contribution in [2.75, 3.05) is 14.1 Å². The van der Waals surface area contributed by atoms with Crippen LogP contribution in [0, 0.1) is 11.8 Å². The first-order valence-corrected chi connectivity index (χ1v) is 9.04. The third-order valence-electron chi connectivity index (χ3n) is 5.06. The van der Waals surface area contributed by atoms with Gasteiger partial charge in [0, 0.05) is 32.6 Å². The van der Waals surface area contributed by atoms with Gasteiger partial charge in [0.05, 0.1) is 0 Å². The first kappa shape index (κ1) is 18.5. The van der Waals surface area contributed by atoms with Gasteiger partial charge in [-0.05, 0) is 29.5 Å². The van der Waals surface area contributed by atoms with Crippen molar-refractivity contribution in [2.45, 2.75) is 52.0 Å². The normalized spacial score (nSPS) is 16.5. The minimum atomic E-state index is -0.00751. The van der Waals surface area contributed by atoms with E-state index in [9.17, 15) is 9.59 Å². The fourth-order valence-corrected chi connectivity index (χ4v) is 3.46. The lowest BCUT2D eigenvalue weighted by molar-refractivity contribution is -0.122. The molecule has 4 nitrogen and oxygen atoms in total. The SMILES string of the molecule is C[C@@H](CC(=O)NCc1ccc(C(=O)N(C)C)cc1)C1CCCCC1. The van der Waals surface area contributed by atoms with E-state index in [1.807, 2.05) is 24.3 Å². The van der Waals surface area contributed by atoms with Crippen molar-refractivity contribution in [2.24, 2.45) is 11.8 Å². The lowest BCUT2D eigenvalue weighted by atomic mass is 9.79. The van der Waals surface area contributed by atoms with E-state index in [2.05, 4.69) is 12.2 Å². The third kappa shape index (κ3) is 5.36. The molecular weight excluding hydrogens is 300 g/mol. The molecule has 2 amide bonds. The molecule has 0 bridgehead atoms. The quantitative estimate of drug-likeness (QED) is 0.866. The molecule has 1 N–H and O–H groups in total. The molecule has 0 saturated heterocycles. The van der Waals surface area contributed by atoms with Crippen molar-refractivity contribution >= 4 is 11.8 Å². The molecule has 1 fully saturated rings. The van der Waals surface area contributed by atoms with Gasteiger partial charge in [-0.2, -0.15) is 0 Å². The molecule has 132 valence electrons. The molecular formula is C20H30N2O2. The average molecular weight is 330 g/mol. The molecule has 1 atom stereocenters. The van der Waals surface area contributed by atoms with Gasteiger partial charge in [-0.15, -0.1) is 0 Å². The Balaban J connectivity index is 1.77. The summed E-state index contributed by atoms with van der Waals surface area (Å²) in [7, 11) is 3.48. The number of carbonyl (C=O) groups excluding carboxylic acids is 2. The summed E-state index contributed by atoms with van der Waals surface area (Å²) in [5, 5.41) is 3.01. The van der Waals surface area contributed by atoms with E-state index in [1.54, 1.807) is 19.0 Å². The van der Waals surface area contributed by atoms with Gasteiger partial charge in [0.1, 0.15) is 0 Å². The summed E-state index contributed by atoms with van der Waals surface area (Å²) in [5.41, 5.74) is 1.69. The summed E-state index contributed by atoms with van der Waals surface area (Å²) in [6, 6.07) is 7.44. The predicted octanol–water partition coefficient (Wildman–Crippen LogP) is 3.61. The van der Waals surface area contributed by atoms with E-state index >= 15 is 0 Å². The Bertz CT molecular complexity index is 545. The molecule has 24 heavy (non-hydrogen) atoms. The smallest absolute Gasteiger partial charge is 0.253 e. The minimum Gasteiger partial charge on any atom is -0.352 e. The molecule has 0 aliphatic heterocycles. The van der Waals surface area contributed by atoms with Crippen LogP contribution >= 0.6 is 0 Å². The van der Waals surface area contributed by atoms with Crippen molar-refractivity contribution in [3.8, 4) is 0 Å². The Labute approximate surface area is 145 Å². The summed E-state index contributed by atoms with van der Waals surface area (Å²) in [6.45, 7) is 2.73. The highest BCUT2D eigenvalue weighted by Crippen LogP contribution is 2.31. The van der Waals surface area contributed by atoms with E-state index in [0.717, 1.165) is 5.56 Å². The molecule has 0 aromatic heterocycles. The maximum absolute atomic E-state index is 12.2.